The second-order valence-corrected chi connectivity index (χ2v) is 3.59. The molecule has 0 saturated heterocycles. The molecule has 0 heterocycles. The number of methoxy groups -OCH3 is 2. The van der Waals surface area contributed by atoms with Crippen molar-refractivity contribution >= 4 is 12.0 Å². The van der Waals surface area contributed by atoms with E-state index in [2.05, 4.69) is 10.6 Å². The van der Waals surface area contributed by atoms with Crippen LogP contribution in [-0.2, 0) is 14.3 Å². The number of rotatable bonds is 9. The van der Waals surface area contributed by atoms with Crippen molar-refractivity contribution in [1.29, 1.82) is 0 Å². The lowest BCUT2D eigenvalue weighted by Crippen LogP contribution is -2.42. The van der Waals surface area contributed by atoms with Gasteiger partial charge in [-0.1, -0.05) is 0 Å². The highest BCUT2D eigenvalue weighted by atomic mass is 16.5. The molecule has 0 fully saturated rings. The lowest BCUT2D eigenvalue weighted by Gasteiger charge is -2.15. The fraction of sp³-hybridized carbons (Fsp3) is 0.800. The van der Waals surface area contributed by atoms with Gasteiger partial charge in [-0.2, -0.15) is 0 Å². The Kier molecular flexibility index (Phi) is 8.89. The van der Waals surface area contributed by atoms with Crippen LogP contribution in [0.15, 0.2) is 0 Å². The average molecular weight is 264 g/mol. The monoisotopic (exact) mass is 264 g/mol. The van der Waals surface area contributed by atoms with Crippen LogP contribution in [0.1, 0.15) is 6.42 Å². The van der Waals surface area contributed by atoms with Crippen LogP contribution in [0.4, 0.5) is 4.79 Å². The number of aliphatic hydroxyl groups excluding tert-OH is 1. The Labute approximate surface area is 105 Å². The first kappa shape index (κ1) is 16.6. The van der Waals surface area contributed by atoms with Gasteiger partial charge in [0.2, 0.25) is 0 Å². The van der Waals surface area contributed by atoms with Crippen LogP contribution in [0.2, 0.25) is 0 Å². The SMILES string of the molecule is COCC(CNC(=O)NCC[C@H](O)C(=O)O)OC. The second kappa shape index (κ2) is 9.63. The molecule has 0 aromatic carbocycles. The topological polar surface area (TPSA) is 117 Å². The zero-order valence-corrected chi connectivity index (χ0v) is 10.5. The van der Waals surface area contributed by atoms with Crippen LogP contribution in [0.3, 0.4) is 0 Å². The predicted octanol–water partition coefficient (Wildman–Crippen LogP) is -1.22. The molecule has 8 heteroatoms. The number of carbonyl (C=O) groups excluding carboxylic acids is 1. The van der Waals surface area contributed by atoms with Crippen molar-refractivity contribution in [2.45, 2.75) is 18.6 Å². The molecule has 2 amide bonds. The maximum atomic E-state index is 11.3. The molecule has 8 nitrogen and oxygen atoms in total. The van der Waals surface area contributed by atoms with E-state index in [4.69, 9.17) is 19.7 Å². The van der Waals surface area contributed by atoms with Crippen LogP contribution < -0.4 is 10.6 Å². The summed E-state index contributed by atoms with van der Waals surface area (Å²) < 4.78 is 9.90. The third-order valence-electron chi connectivity index (χ3n) is 2.16. The Hall–Kier alpha value is -1.38. The lowest BCUT2D eigenvalue weighted by molar-refractivity contribution is -0.146. The summed E-state index contributed by atoms with van der Waals surface area (Å²) in [6, 6.07) is -0.453. The van der Waals surface area contributed by atoms with Crippen molar-refractivity contribution in [3.63, 3.8) is 0 Å². The van der Waals surface area contributed by atoms with Crippen molar-refractivity contribution in [1.82, 2.24) is 10.6 Å². The summed E-state index contributed by atoms with van der Waals surface area (Å²) in [7, 11) is 3.03. The predicted molar refractivity (Wildman–Crippen MR) is 62.3 cm³/mol. The number of amides is 2. The smallest absolute Gasteiger partial charge is 0.332 e. The van der Waals surface area contributed by atoms with E-state index in [0.29, 0.717) is 6.61 Å². The van der Waals surface area contributed by atoms with E-state index in [0.717, 1.165) is 0 Å². The Morgan fingerprint density at radius 2 is 1.94 bits per heavy atom. The molecule has 18 heavy (non-hydrogen) atoms. The van der Waals surface area contributed by atoms with Gasteiger partial charge in [0.15, 0.2) is 6.10 Å². The van der Waals surface area contributed by atoms with Crippen LogP contribution in [0, 0.1) is 0 Å². The first-order valence-corrected chi connectivity index (χ1v) is 5.45. The third-order valence-corrected chi connectivity index (χ3v) is 2.16. The molecule has 0 aromatic heterocycles. The summed E-state index contributed by atoms with van der Waals surface area (Å²) in [5.41, 5.74) is 0. The van der Waals surface area contributed by atoms with Gasteiger partial charge in [-0.3, -0.25) is 0 Å². The number of nitrogens with one attached hydrogen (secondary N) is 2. The largest absolute Gasteiger partial charge is 0.479 e. The molecule has 2 atom stereocenters. The van der Waals surface area contributed by atoms with Gasteiger partial charge in [-0.25, -0.2) is 9.59 Å². The standard InChI is InChI=1S/C10H20N2O6/c1-17-6-7(18-2)5-12-10(16)11-4-3-8(13)9(14)15/h7-8,13H,3-6H2,1-2H3,(H,14,15)(H2,11,12,16)/t7?,8-/m0/s1. The Morgan fingerprint density at radius 1 is 1.28 bits per heavy atom. The van der Waals surface area contributed by atoms with E-state index in [1.807, 2.05) is 0 Å². The minimum Gasteiger partial charge on any atom is -0.479 e. The number of aliphatic carboxylic acids is 1. The van der Waals surface area contributed by atoms with Crippen LogP contribution >= 0.6 is 0 Å². The van der Waals surface area contributed by atoms with Crippen LogP contribution in [0.25, 0.3) is 0 Å². The number of aliphatic hydroxyl groups is 1. The number of carboxylic acid groups (broad SMARTS) is 1. The van der Waals surface area contributed by atoms with E-state index in [-0.39, 0.29) is 25.6 Å². The van der Waals surface area contributed by atoms with Gasteiger partial charge >= 0.3 is 12.0 Å². The van der Waals surface area contributed by atoms with Crippen LogP contribution in [0.5, 0.6) is 0 Å². The quantitative estimate of drug-likeness (QED) is 0.415. The van der Waals surface area contributed by atoms with Crippen molar-refractivity contribution < 1.29 is 29.3 Å². The van der Waals surface area contributed by atoms with Crippen molar-refractivity contribution in [3.8, 4) is 0 Å². The minimum absolute atomic E-state index is 0.0471. The van der Waals surface area contributed by atoms with Gasteiger partial charge in [0.05, 0.1) is 12.7 Å². The van der Waals surface area contributed by atoms with Crippen molar-refractivity contribution in [3.05, 3.63) is 0 Å². The number of hydrogen-bond acceptors (Lipinski definition) is 5. The fourth-order valence-electron chi connectivity index (χ4n) is 1.11. The number of carboxylic acids is 1. The molecular formula is C10H20N2O6. The van der Waals surface area contributed by atoms with Crippen molar-refractivity contribution in [2.24, 2.45) is 0 Å². The third kappa shape index (κ3) is 7.82. The highest BCUT2D eigenvalue weighted by Gasteiger charge is 2.13. The number of carbonyl (C=O) groups is 2. The van der Waals surface area contributed by atoms with Gasteiger partial charge in [0, 0.05) is 33.7 Å². The number of urea groups is 1. The van der Waals surface area contributed by atoms with Gasteiger partial charge in [-0.05, 0) is 0 Å². The first-order valence-electron chi connectivity index (χ1n) is 5.45. The zero-order valence-electron chi connectivity index (χ0n) is 10.5. The maximum Gasteiger partial charge on any atom is 0.332 e. The highest BCUT2D eigenvalue weighted by molar-refractivity contribution is 5.74. The summed E-state index contributed by atoms with van der Waals surface area (Å²) in [6.07, 6.45) is -1.76. The van der Waals surface area contributed by atoms with Gasteiger partial charge in [0.25, 0.3) is 0 Å². The fourth-order valence-corrected chi connectivity index (χ4v) is 1.11. The molecule has 0 spiro atoms. The molecular weight excluding hydrogens is 244 g/mol. The summed E-state index contributed by atoms with van der Waals surface area (Å²) in [6.45, 7) is 0.702. The summed E-state index contributed by atoms with van der Waals surface area (Å²) in [5, 5.41) is 22.3. The Bertz CT molecular complexity index is 261. The Morgan fingerprint density at radius 3 is 2.44 bits per heavy atom. The van der Waals surface area contributed by atoms with Crippen LogP contribution in [-0.4, -0.2) is 68.3 Å². The van der Waals surface area contributed by atoms with E-state index >= 15 is 0 Å². The van der Waals surface area contributed by atoms with Gasteiger partial charge < -0.3 is 30.3 Å². The molecule has 0 bridgehead atoms. The summed E-state index contributed by atoms with van der Waals surface area (Å²) >= 11 is 0. The molecule has 0 aliphatic carbocycles. The molecule has 0 aliphatic heterocycles. The molecule has 0 rings (SSSR count). The zero-order chi connectivity index (χ0) is 14.0. The van der Waals surface area contributed by atoms with E-state index in [9.17, 15) is 9.59 Å². The van der Waals surface area contributed by atoms with Gasteiger partial charge in [0.1, 0.15) is 0 Å². The summed E-state index contributed by atoms with van der Waals surface area (Å²) in [5.74, 6) is -1.31. The molecule has 106 valence electrons. The van der Waals surface area contributed by atoms with E-state index < -0.39 is 18.1 Å². The number of ether oxygens (including phenoxy) is 2. The minimum atomic E-state index is -1.47. The first-order chi connectivity index (χ1) is 8.51. The van der Waals surface area contributed by atoms with E-state index in [1.165, 1.54) is 14.2 Å². The second-order valence-electron chi connectivity index (χ2n) is 3.59. The van der Waals surface area contributed by atoms with Crippen molar-refractivity contribution in [2.75, 3.05) is 33.9 Å². The normalized spacial score (nSPS) is 13.7. The molecule has 0 saturated carbocycles. The molecule has 0 radical (unpaired) electrons. The Balaban J connectivity index is 3.68. The maximum absolute atomic E-state index is 11.3. The average Bonchev–Trinajstić information content (AvgIpc) is 2.34. The molecule has 0 aromatic rings. The van der Waals surface area contributed by atoms with E-state index in [1.54, 1.807) is 0 Å². The molecule has 0 aliphatic rings. The molecule has 1 unspecified atom stereocenters. The number of hydrogen-bond donors (Lipinski definition) is 4. The van der Waals surface area contributed by atoms with Gasteiger partial charge in [-0.15, -0.1) is 0 Å². The lowest BCUT2D eigenvalue weighted by atomic mass is 10.2. The molecule has 4 N–H and O–H groups in total. The summed E-state index contributed by atoms with van der Waals surface area (Å²) in [4.78, 5) is 21.6. The highest BCUT2D eigenvalue weighted by Crippen LogP contribution is 1.90.